The van der Waals surface area contributed by atoms with Crippen LogP contribution in [-0.4, -0.2) is 22.8 Å². The zero-order chi connectivity index (χ0) is 18.0. The van der Waals surface area contributed by atoms with Crippen LogP contribution in [0.1, 0.15) is 85.5 Å². The Kier molecular flexibility index (Phi) is 9.60. The van der Waals surface area contributed by atoms with E-state index in [2.05, 4.69) is 39.8 Å². The van der Waals surface area contributed by atoms with Crippen molar-refractivity contribution >= 4 is 5.97 Å². The van der Waals surface area contributed by atoms with Gasteiger partial charge in [-0.25, -0.2) is 9.78 Å². The summed E-state index contributed by atoms with van der Waals surface area (Å²) in [4.78, 5) is 22.3. The minimum atomic E-state index is -0.820. The van der Waals surface area contributed by atoms with Crippen LogP contribution in [0.25, 0.3) is 0 Å². The summed E-state index contributed by atoms with van der Waals surface area (Å²) < 4.78 is 0. The van der Waals surface area contributed by atoms with E-state index in [0.29, 0.717) is 5.92 Å². The third kappa shape index (κ3) is 6.56. The molecule has 0 radical (unpaired) electrons. The molecule has 0 bridgehead atoms. The molecule has 0 saturated carbocycles. The molecule has 1 heterocycles. The highest BCUT2D eigenvalue weighted by atomic mass is 17.2. The van der Waals surface area contributed by atoms with E-state index in [1.165, 1.54) is 12.8 Å². The van der Waals surface area contributed by atoms with E-state index in [4.69, 9.17) is 14.9 Å². The number of carboxylic acid groups (broad SMARTS) is 1. The van der Waals surface area contributed by atoms with Crippen LogP contribution in [0.4, 0.5) is 0 Å². The Morgan fingerprint density at radius 1 is 1.33 bits per heavy atom. The molecule has 1 N–H and O–H groups in total. The fourth-order valence-corrected chi connectivity index (χ4v) is 3.64. The van der Waals surface area contributed by atoms with Crippen LogP contribution in [0.5, 0.6) is 0 Å². The number of aliphatic carboxylic acids is 1. The summed E-state index contributed by atoms with van der Waals surface area (Å²) in [7, 11) is 0. The van der Waals surface area contributed by atoms with Crippen molar-refractivity contribution in [1.82, 2.24) is 0 Å². The first-order valence-electron chi connectivity index (χ1n) is 9.73. The number of hydrogen-bond donors (Lipinski definition) is 1. The van der Waals surface area contributed by atoms with Gasteiger partial charge in [0.1, 0.15) is 11.7 Å². The molecule has 4 nitrogen and oxygen atoms in total. The molecule has 4 heteroatoms. The van der Waals surface area contributed by atoms with Gasteiger partial charge >= 0.3 is 5.97 Å². The third-order valence-electron chi connectivity index (χ3n) is 5.43. The molecule has 4 atom stereocenters. The fourth-order valence-electron chi connectivity index (χ4n) is 3.64. The predicted octanol–water partition coefficient (Wildman–Crippen LogP) is 5.52. The van der Waals surface area contributed by atoms with Crippen molar-refractivity contribution in [3.63, 3.8) is 0 Å². The number of allylic oxidation sites excluding steroid dienone is 2. The average molecular weight is 341 g/mol. The van der Waals surface area contributed by atoms with Crippen LogP contribution in [-0.2, 0) is 14.6 Å². The number of rotatable bonds is 11. The molecule has 1 aliphatic heterocycles. The second-order valence-electron chi connectivity index (χ2n) is 7.12. The van der Waals surface area contributed by atoms with E-state index in [-0.39, 0.29) is 24.0 Å². The van der Waals surface area contributed by atoms with E-state index < -0.39 is 5.97 Å². The van der Waals surface area contributed by atoms with Crippen LogP contribution in [0.15, 0.2) is 12.2 Å². The molecule has 1 rings (SSSR count). The molecule has 0 aliphatic carbocycles. The highest BCUT2D eigenvalue weighted by Crippen LogP contribution is 2.40. The molecule has 0 aromatic rings. The largest absolute Gasteiger partial charge is 0.481 e. The number of carboxylic acids is 1. The summed E-state index contributed by atoms with van der Waals surface area (Å²) in [6.07, 6.45) is 12.6. The maximum absolute atomic E-state index is 11.0. The van der Waals surface area contributed by atoms with E-state index in [0.717, 1.165) is 38.5 Å². The normalized spacial score (nSPS) is 29.0. The Balaban J connectivity index is 2.57. The van der Waals surface area contributed by atoms with Crippen LogP contribution in [0.2, 0.25) is 0 Å². The van der Waals surface area contributed by atoms with Gasteiger partial charge in [-0.2, -0.15) is 0 Å². The van der Waals surface area contributed by atoms with Crippen LogP contribution in [0, 0.1) is 11.8 Å². The third-order valence-corrected chi connectivity index (χ3v) is 5.43. The van der Waals surface area contributed by atoms with Crippen LogP contribution < -0.4 is 0 Å². The Bertz CT molecular complexity index is 393. The van der Waals surface area contributed by atoms with Gasteiger partial charge in [0.2, 0.25) is 0 Å². The van der Waals surface area contributed by atoms with Crippen molar-refractivity contribution in [3.8, 4) is 0 Å². The minimum Gasteiger partial charge on any atom is -0.481 e. The summed E-state index contributed by atoms with van der Waals surface area (Å²) >= 11 is 0. The molecular formula is C20H36O4. The second kappa shape index (κ2) is 10.9. The Morgan fingerprint density at radius 3 is 2.62 bits per heavy atom. The van der Waals surface area contributed by atoms with Gasteiger partial charge in [0.15, 0.2) is 0 Å². The maximum atomic E-state index is 11.0. The first-order valence-corrected chi connectivity index (χ1v) is 9.73. The van der Waals surface area contributed by atoms with Crippen molar-refractivity contribution in [2.75, 3.05) is 0 Å². The van der Waals surface area contributed by atoms with Gasteiger partial charge < -0.3 is 5.11 Å². The SMILES string of the molecule is CC/C=C/C(CC)CCC[C@@]1(CC)C[C@@H](CC)[C@@H](CC(=O)O)OO1. The van der Waals surface area contributed by atoms with Crippen LogP contribution in [0.3, 0.4) is 0 Å². The van der Waals surface area contributed by atoms with Gasteiger partial charge in [0.05, 0.1) is 6.42 Å². The van der Waals surface area contributed by atoms with Gasteiger partial charge in [-0.3, -0.25) is 4.79 Å². The lowest BCUT2D eigenvalue weighted by atomic mass is 9.79. The molecule has 1 saturated heterocycles. The summed E-state index contributed by atoms with van der Waals surface area (Å²) in [6, 6.07) is 0. The quantitative estimate of drug-likeness (QED) is 0.397. The molecule has 1 unspecified atom stereocenters. The number of hydrogen-bond acceptors (Lipinski definition) is 3. The Labute approximate surface area is 147 Å². The van der Waals surface area contributed by atoms with E-state index in [9.17, 15) is 4.79 Å². The molecule has 1 aliphatic rings. The van der Waals surface area contributed by atoms with Crippen molar-refractivity contribution in [3.05, 3.63) is 12.2 Å². The molecular weight excluding hydrogens is 304 g/mol. The van der Waals surface area contributed by atoms with Crippen molar-refractivity contribution < 1.29 is 19.7 Å². The van der Waals surface area contributed by atoms with Gasteiger partial charge in [-0.1, -0.05) is 46.3 Å². The van der Waals surface area contributed by atoms with Crippen molar-refractivity contribution in [2.45, 2.75) is 97.2 Å². The molecule has 0 amide bonds. The standard InChI is InChI=1S/C20H36O4/c1-5-9-11-16(6-2)12-10-13-20(8-4)15-17(7-3)18(23-24-20)14-19(21)22/h9,11,16-18H,5-8,10,12-15H2,1-4H3,(H,21,22)/b11-9+/t16?,17-,18-,20+/m1/s1. The second-order valence-corrected chi connectivity index (χ2v) is 7.12. The zero-order valence-electron chi connectivity index (χ0n) is 15.9. The molecule has 1 fully saturated rings. The molecule has 0 spiro atoms. The minimum absolute atomic E-state index is 0.0258. The maximum Gasteiger partial charge on any atom is 0.306 e. The Morgan fingerprint density at radius 2 is 2.08 bits per heavy atom. The summed E-state index contributed by atoms with van der Waals surface area (Å²) in [5.74, 6) is 0.0846. The highest BCUT2D eigenvalue weighted by molar-refractivity contribution is 5.67. The van der Waals surface area contributed by atoms with Crippen molar-refractivity contribution in [1.29, 1.82) is 0 Å². The fraction of sp³-hybridized carbons (Fsp3) is 0.850. The predicted molar refractivity (Wildman–Crippen MR) is 96.7 cm³/mol. The summed E-state index contributed by atoms with van der Waals surface area (Å²) in [5, 5.41) is 9.02. The molecule has 0 aromatic heterocycles. The highest BCUT2D eigenvalue weighted by Gasteiger charge is 2.42. The lowest BCUT2D eigenvalue weighted by Crippen LogP contribution is -2.45. The number of carbonyl (C=O) groups is 1. The van der Waals surface area contributed by atoms with E-state index in [1.807, 2.05) is 0 Å². The topological polar surface area (TPSA) is 55.8 Å². The molecule has 0 aromatic carbocycles. The van der Waals surface area contributed by atoms with Gasteiger partial charge in [-0.05, 0) is 56.8 Å². The van der Waals surface area contributed by atoms with Crippen molar-refractivity contribution in [2.24, 2.45) is 11.8 Å². The van der Waals surface area contributed by atoms with Gasteiger partial charge in [0, 0.05) is 0 Å². The Hall–Kier alpha value is -0.870. The van der Waals surface area contributed by atoms with Gasteiger partial charge in [-0.15, -0.1) is 0 Å². The summed E-state index contributed by atoms with van der Waals surface area (Å²) in [6.45, 7) is 8.66. The lowest BCUT2D eigenvalue weighted by molar-refractivity contribution is -0.423. The first kappa shape index (κ1) is 21.2. The van der Waals surface area contributed by atoms with Gasteiger partial charge in [0.25, 0.3) is 0 Å². The monoisotopic (exact) mass is 340 g/mol. The molecule has 24 heavy (non-hydrogen) atoms. The smallest absolute Gasteiger partial charge is 0.306 e. The summed E-state index contributed by atoms with van der Waals surface area (Å²) in [5.41, 5.74) is -0.248. The van der Waals surface area contributed by atoms with E-state index >= 15 is 0 Å². The lowest BCUT2D eigenvalue weighted by Gasteiger charge is -2.42. The average Bonchev–Trinajstić information content (AvgIpc) is 2.58. The molecule has 140 valence electrons. The first-order chi connectivity index (χ1) is 11.5. The van der Waals surface area contributed by atoms with E-state index in [1.54, 1.807) is 0 Å². The van der Waals surface area contributed by atoms with Crippen LogP contribution >= 0.6 is 0 Å². The zero-order valence-corrected chi connectivity index (χ0v) is 15.9.